The first-order chi connectivity index (χ1) is 6.48. The zero-order valence-corrected chi connectivity index (χ0v) is 8.04. The second-order valence-electron chi connectivity index (χ2n) is 2.69. The Morgan fingerprint density at radius 3 is 2.64 bits per heavy atom. The van der Waals surface area contributed by atoms with Crippen molar-refractivity contribution >= 4 is 9.84 Å². The van der Waals surface area contributed by atoms with E-state index in [4.69, 9.17) is 10.8 Å². The maximum atomic E-state index is 12.9. The first-order valence-electron chi connectivity index (χ1n) is 3.85. The predicted octanol–water partition coefficient (Wildman–Crippen LogP) is 0.420. The van der Waals surface area contributed by atoms with Crippen LogP contribution in [0.2, 0.25) is 0 Å². The Bertz CT molecular complexity index is 418. The molecule has 0 fully saturated rings. The standard InChI is InChI=1S/C8H10FNO3S/c9-8(5-10)14(12,13)7-3-1-2-6(11)4-7/h1-4,8,11H,5,10H2. The summed E-state index contributed by atoms with van der Waals surface area (Å²) in [6.07, 6.45) is 0. The minimum Gasteiger partial charge on any atom is -0.508 e. The summed E-state index contributed by atoms with van der Waals surface area (Å²) in [4.78, 5) is -0.268. The van der Waals surface area contributed by atoms with Crippen molar-refractivity contribution in [3.8, 4) is 5.75 Å². The van der Waals surface area contributed by atoms with Crippen LogP contribution in [0.5, 0.6) is 5.75 Å². The van der Waals surface area contributed by atoms with E-state index in [2.05, 4.69) is 0 Å². The molecule has 14 heavy (non-hydrogen) atoms. The lowest BCUT2D eigenvalue weighted by Gasteiger charge is -2.07. The van der Waals surface area contributed by atoms with Crippen LogP contribution in [0, 0.1) is 0 Å². The van der Waals surface area contributed by atoms with Crippen molar-refractivity contribution in [1.82, 2.24) is 0 Å². The average molecular weight is 219 g/mol. The molecule has 0 amide bonds. The molecule has 0 saturated carbocycles. The lowest BCUT2D eigenvalue weighted by Crippen LogP contribution is -2.25. The third kappa shape index (κ3) is 2.02. The second kappa shape index (κ2) is 3.93. The highest BCUT2D eigenvalue weighted by molar-refractivity contribution is 7.92. The molecule has 6 heteroatoms. The monoisotopic (exact) mass is 219 g/mol. The highest BCUT2D eigenvalue weighted by Crippen LogP contribution is 2.20. The van der Waals surface area contributed by atoms with Crippen molar-refractivity contribution in [3.63, 3.8) is 0 Å². The number of alkyl halides is 1. The summed E-state index contributed by atoms with van der Waals surface area (Å²) >= 11 is 0. The first-order valence-corrected chi connectivity index (χ1v) is 5.40. The van der Waals surface area contributed by atoms with Crippen LogP contribution in [-0.4, -0.2) is 25.6 Å². The summed E-state index contributed by atoms with van der Waals surface area (Å²) in [6, 6.07) is 4.81. The van der Waals surface area contributed by atoms with Gasteiger partial charge in [-0.05, 0) is 18.2 Å². The fourth-order valence-corrected chi connectivity index (χ4v) is 2.04. The number of rotatable bonds is 3. The summed E-state index contributed by atoms with van der Waals surface area (Å²) in [7, 11) is -4.06. The molecule has 1 atom stereocenters. The zero-order chi connectivity index (χ0) is 10.8. The Balaban J connectivity index is 3.17. The van der Waals surface area contributed by atoms with E-state index in [1.165, 1.54) is 18.2 Å². The van der Waals surface area contributed by atoms with Crippen molar-refractivity contribution in [2.75, 3.05) is 6.54 Å². The van der Waals surface area contributed by atoms with E-state index in [0.717, 1.165) is 6.07 Å². The number of hydrogen-bond acceptors (Lipinski definition) is 4. The molecule has 4 nitrogen and oxygen atoms in total. The number of hydrogen-bond donors (Lipinski definition) is 2. The number of phenols is 1. The molecule has 3 N–H and O–H groups in total. The van der Waals surface area contributed by atoms with Crippen LogP contribution in [0.3, 0.4) is 0 Å². The molecular formula is C8H10FNO3S. The molecule has 1 aromatic carbocycles. The molecule has 0 aliphatic rings. The van der Waals surface area contributed by atoms with Crippen molar-refractivity contribution in [2.45, 2.75) is 10.4 Å². The van der Waals surface area contributed by atoms with Gasteiger partial charge in [0.15, 0.2) is 0 Å². The van der Waals surface area contributed by atoms with Crippen LogP contribution >= 0.6 is 0 Å². The van der Waals surface area contributed by atoms with Gasteiger partial charge in [0.2, 0.25) is 15.3 Å². The lowest BCUT2D eigenvalue weighted by atomic mass is 10.3. The Morgan fingerprint density at radius 1 is 1.50 bits per heavy atom. The summed E-state index contributed by atoms with van der Waals surface area (Å²) in [5.41, 5.74) is 2.78. The van der Waals surface area contributed by atoms with E-state index in [9.17, 15) is 12.8 Å². The third-order valence-corrected chi connectivity index (χ3v) is 3.45. The van der Waals surface area contributed by atoms with Gasteiger partial charge in [0.05, 0.1) is 4.90 Å². The number of benzene rings is 1. The summed E-state index contributed by atoms with van der Waals surface area (Å²) in [6.45, 7) is -0.599. The minimum atomic E-state index is -4.06. The van der Waals surface area contributed by atoms with Gasteiger partial charge in [0, 0.05) is 6.54 Å². The van der Waals surface area contributed by atoms with Crippen LogP contribution in [-0.2, 0) is 9.84 Å². The second-order valence-corrected chi connectivity index (χ2v) is 4.76. The van der Waals surface area contributed by atoms with E-state index in [1.807, 2.05) is 0 Å². The van der Waals surface area contributed by atoms with E-state index in [0.29, 0.717) is 0 Å². The normalized spacial score (nSPS) is 13.9. The molecule has 0 saturated heterocycles. The van der Waals surface area contributed by atoms with Gasteiger partial charge in [-0.1, -0.05) is 6.07 Å². The molecule has 0 radical (unpaired) electrons. The number of nitrogens with two attached hydrogens (primary N) is 1. The maximum absolute atomic E-state index is 12.9. The number of aromatic hydroxyl groups is 1. The molecule has 0 aliphatic carbocycles. The predicted molar refractivity (Wildman–Crippen MR) is 49.2 cm³/mol. The average Bonchev–Trinajstić information content (AvgIpc) is 2.16. The van der Waals surface area contributed by atoms with Crippen LogP contribution in [0.15, 0.2) is 29.2 Å². The molecule has 78 valence electrons. The SMILES string of the molecule is NCC(F)S(=O)(=O)c1cccc(O)c1. The van der Waals surface area contributed by atoms with Crippen molar-refractivity contribution in [3.05, 3.63) is 24.3 Å². The highest BCUT2D eigenvalue weighted by Gasteiger charge is 2.25. The van der Waals surface area contributed by atoms with Crippen LogP contribution in [0.4, 0.5) is 4.39 Å². The van der Waals surface area contributed by atoms with Crippen LogP contribution in [0.25, 0.3) is 0 Å². The Morgan fingerprint density at radius 2 is 2.14 bits per heavy atom. The fraction of sp³-hybridized carbons (Fsp3) is 0.250. The molecule has 0 spiro atoms. The van der Waals surface area contributed by atoms with Gasteiger partial charge < -0.3 is 10.8 Å². The molecule has 0 aromatic heterocycles. The van der Waals surface area contributed by atoms with E-state index < -0.39 is 21.9 Å². The van der Waals surface area contributed by atoms with Gasteiger partial charge in [-0.2, -0.15) is 0 Å². The Kier molecular flexibility index (Phi) is 3.07. The third-order valence-electron chi connectivity index (χ3n) is 1.67. The van der Waals surface area contributed by atoms with Crippen molar-refractivity contribution in [2.24, 2.45) is 5.73 Å². The topological polar surface area (TPSA) is 80.4 Å². The molecule has 0 bridgehead atoms. The van der Waals surface area contributed by atoms with Gasteiger partial charge in [-0.15, -0.1) is 0 Å². The number of halogens is 1. The van der Waals surface area contributed by atoms with Gasteiger partial charge in [0.1, 0.15) is 5.75 Å². The Labute approximate surface area is 81.1 Å². The van der Waals surface area contributed by atoms with Gasteiger partial charge >= 0.3 is 0 Å². The molecule has 0 aliphatic heterocycles. The maximum Gasteiger partial charge on any atom is 0.217 e. The molecule has 0 heterocycles. The quantitative estimate of drug-likeness (QED) is 0.772. The highest BCUT2D eigenvalue weighted by atomic mass is 32.2. The fourth-order valence-electron chi connectivity index (χ4n) is 0.935. The number of sulfone groups is 1. The lowest BCUT2D eigenvalue weighted by molar-refractivity contribution is 0.424. The molecule has 1 unspecified atom stereocenters. The summed E-state index contributed by atoms with van der Waals surface area (Å²) < 4.78 is 35.6. The summed E-state index contributed by atoms with van der Waals surface area (Å²) in [5, 5.41) is 9.01. The molecule has 1 rings (SSSR count). The largest absolute Gasteiger partial charge is 0.508 e. The van der Waals surface area contributed by atoms with Gasteiger partial charge in [0.25, 0.3) is 0 Å². The summed E-state index contributed by atoms with van der Waals surface area (Å²) in [5.74, 6) is -0.227. The van der Waals surface area contributed by atoms with E-state index in [-0.39, 0.29) is 10.6 Å². The van der Waals surface area contributed by atoms with Gasteiger partial charge in [-0.3, -0.25) is 0 Å². The number of phenolic OH excluding ortho intramolecular Hbond substituents is 1. The van der Waals surface area contributed by atoms with Crippen molar-refractivity contribution in [1.29, 1.82) is 0 Å². The Hall–Kier alpha value is -1.14. The molecular weight excluding hydrogens is 209 g/mol. The first kappa shape index (κ1) is 10.9. The van der Waals surface area contributed by atoms with Crippen LogP contribution in [0.1, 0.15) is 0 Å². The van der Waals surface area contributed by atoms with E-state index >= 15 is 0 Å². The van der Waals surface area contributed by atoms with E-state index in [1.54, 1.807) is 0 Å². The smallest absolute Gasteiger partial charge is 0.217 e. The van der Waals surface area contributed by atoms with Crippen LogP contribution < -0.4 is 5.73 Å². The molecule has 1 aromatic rings. The van der Waals surface area contributed by atoms with Gasteiger partial charge in [-0.25, -0.2) is 12.8 Å². The minimum absolute atomic E-state index is 0.227. The zero-order valence-electron chi connectivity index (χ0n) is 7.22. The van der Waals surface area contributed by atoms with Crippen molar-refractivity contribution < 1.29 is 17.9 Å².